The van der Waals surface area contributed by atoms with Crippen molar-refractivity contribution in [3.05, 3.63) is 29.3 Å². The summed E-state index contributed by atoms with van der Waals surface area (Å²) in [5, 5.41) is 27.3. The van der Waals surface area contributed by atoms with Crippen LogP contribution in [0.3, 0.4) is 0 Å². The van der Waals surface area contributed by atoms with E-state index in [-0.39, 0.29) is 43.3 Å². The number of imide groups is 1. The molecule has 2 bridgehead atoms. The van der Waals surface area contributed by atoms with Crippen molar-refractivity contribution in [2.45, 2.75) is 74.1 Å². The molecule has 4 N–H and O–H groups in total. The number of amides is 3. The third-order valence-corrected chi connectivity index (χ3v) is 8.35. The molecule has 5 atom stereocenters. The molecule has 4 aliphatic rings. The molecule has 1 heterocycles. The van der Waals surface area contributed by atoms with Crippen molar-refractivity contribution in [2.24, 2.45) is 11.8 Å². The summed E-state index contributed by atoms with van der Waals surface area (Å²) in [6.45, 7) is 0. The highest BCUT2D eigenvalue weighted by Gasteiger charge is 2.69. The summed E-state index contributed by atoms with van der Waals surface area (Å²) in [4.78, 5) is 24.6. The van der Waals surface area contributed by atoms with E-state index >= 15 is 0 Å². The molecule has 3 fully saturated rings. The highest BCUT2D eigenvalue weighted by molar-refractivity contribution is 6.07. The van der Waals surface area contributed by atoms with E-state index in [0.29, 0.717) is 19.3 Å². The Kier molecular flexibility index (Phi) is 4.23. The molecule has 1 saturated heterocycles. The Balaban J connectivity index is 1.60. The molecule has 3 amide bonds. The molecule has 31 heavy (non-hydrogen) atoms. The van der Waals surface area contributed by atoms with Crippen LogP contribution in [-0.2, 0) is 16.6 Å². The molecule has 5 rings (SSSR count). The predicted molar refractivity (Wildman–Crippen MR) is 103 cm³/mol. The maximum atomic E-state index is 12.9. The molecule has 3 aliphatic carbocycles. The first kappa shape index (κ1) is 20.6. The van der Waals surface area contributed by atoms with Crippen LogP contribution in [0.25, 0.3) is 0 Å². The van der Waals surface area contributed by atoms with Crippen LogP contribution in [-0.4, -0.2) is 39.5 Å². The van der Waals surface area contributed by atoms with Gasteiger partial charge in [-0.05, 0) is 80.0 Å². The number of fused-ring (bicyclic) bond motifs is 1. The first-order chi connectivity index (χ1) is 14.5. The Morgan fingerprint density at radius 3 is 2.61 bits per heavy atom. The van der Waals surface area contributed by atoms with E-state index in [1.54, 1.807) is 18.2 Å². The maximum absolute atomic E-state index is 12.9. The number of rotatable bonds is 2. The molecular weight excluding hydrogens is 413 g/mol. The zero-order valence-electron chi connectivity index (χ0n) is 16.9. The van der Waals surface area contributed by atoms with E-state index in [1.165, 1.54) is 0 Å². The minimum absolute atomic E-state index is 0.0349. The number of benzene rings is 1. The van der Waals surface area contributed by atoms with Crippen LogP contribution in [0.15, 0.2) is 18.2 Å². The maximum Gasteiger partial charge on any atom is 0.389 e. The second kappa shape index (κ2) is 6.37. The average Bonchev–Trinajstić information content (AvgIpc) is 2.94. The third-order valence-electron chi connectivity index (χ3n) is 8.35. The number of hydrogen-bond donors (Lipinski definition) is 4. The molecule has 1 spiro atoms. The molecule has 0 radical (unpaired) electrons. The Morgan fingerprint density at radius 1 is 1.16 bits per heavy atom. The average molecular weight is 438 g/mol. The number of hydrogen-bond acceptors (Lipinski definition) is 4. The molecule has 1 aromatic carbocycles. The van der Waals surface area contributed by atoms with Gasteiger partial charge >= 0.3 is 12.2 Å². The summed E-state index contributed by atoms with van der Waals surface area (Å²) in [5.41, 5.74) is -1.76. The molecule has 168 valence electrons. The van der Waals surface area contributed by atoms with E-state index in [4.69, 9.17) is 0 Å². The van der Waals surface area contributed by atoms with Gasteiger partial charge < -0.3 is 15.5 Å². The smallest absolute Gasteiger partial charge is 0.389 e. The van der Waals surface area contributed by atoms with Crippen molar-refractivity contribution in [1.29, 1.82) is 0 Å². The number of aliphatic hydroxyl groups is 1. The summed E-state index contributed by atoms with van der Waals surface area (Å²) >= 11 is 0. The molecular formula is C22H25F3N2O4. The van der Waals surface area contributed by atoms with Gasteiger partial charge in [0.05, 0.1) is 5.60 Å². The fourth-order valence-electron chi connectivity index (χ4n) is 7.01. The minimum atomic E-state index is -4.25. The molecule has 1 aliphatic heterocycles. The number of phenolic OH excluding ortho intramolecular Hbond substituents is 1. The lowest BCUT2D eigenvalue weighted by Crippen LogP contribution is -2.71. The van der Waals surface area contributed by atoms with Gasteiger partial charge in [-0.25, -0.2) is 4.79 Å². The van der Waals surface area contributed by atoms with Gasteiger partial charge in [0.15, 0.2) is 0 Å². The van der Waals surface area contributed by atoms with Gasteiger partial charge in [-0.2, -0.15) is 13.2 Å². The number of carbonyl (C=O) groups is 2. The number of phenols is 1. The Bertz CT molecular complexity index is 967. The second-order valence-corrected chi connectivity index (χ2v) is 9.78. The van der Waals surface area contributed by atoms with Crippen LogP contribution in [0.1, 0.15) is 56.1 Å². The first-order valence-corrected chi connectivity index (χ1v) is 10.7. The van der Waals surface area contributed by atoms with Crippen LogP contribution >= 0.6 is 0 Å². The minimum Gasteiger partial charge on any atom is -0.508 e. The monoisotopic (exact) mass is 438 g/mol. The van der Waals surface area contributed by atoms with Gasteiger partial charge in [-0.15, -0.1) is 0 Å². The van der Waals surface area contributed by atoms with E-state index in [2.05, 4.69) is 10.6 Å². The molecule has 0 aromatic heterocycles. The second-order valence-electron chi connectivity index (χ2n) is 9.78. The van der Waals surface area contributed by atoms with Gasteiger partial charge in [0.1, 0.15) is 11.3 Å². The summed E-state index contributed by atoms with van der Waals surface area (Å²) in [6.07, 6.45) is -3.28. The standard InChI is InChI=1S/C22H25F3N2O4/c23-22(24,25)6-4-12-3-5-19-11-20(17(29)26-18(30)27-20)7-8-21(19,31)16(12)9-13-1-2-14(28)10-15(13)19/h1-2,10,12,16,28,31H,3-9,11H2,(H2,26,27,29,30)/t12?,16-,19+,20-,21?/m0/s1. The van der Waals surface area contributed by atoms with Crippen LogP contribution in [0.4, 0.5) is 18.0 Å². The molecule has 1 aromatic rings. The van der Waals surface area contributed by atoms with Crippen LogP contribution in [0, 0.1) is 11.8 Å². The number of carbonyl (C=O) groups excluding carboxylic acids is 2. The van der Waals surface area contributed by atoms with E-state index < -0.39 is 41.1 Å². The van der Waals surface area contributed by atoms with Gasteiger partial charge in [-0.1, -0.05) is 6.07 Å². The lowest BCUT2D eigenvalue weighted by molar-refractivity contribution is -0.187. The quantitative estimate of drug-likeness (QED) is 0.534. The van der Waals surface area contributed by atoms with E-state index in [9.17, 15) is 33.0 Å². The van der Waals surface area contributed by atoms with Gasteiger partial charge in [-0.3, -0.25) is 10.1 Å². The summed E-state index contributed by atoms with van der Waals surface area (Å²) < 4.78 is 38.8. The topological polar surface area (TPSA) is 98.7 Å². The molecule has 2 unspecified atom stereocenters. The van der Waals surface area contributed by atoms with Gasteiger partial charge in [0.25, 0.3) is 5.91 Å². The zero-order valence-corrected chi connectivity index (χ0v) is 16.9. The highest BCUT2D eigenvalue weighted by Crippen LogP contribution is 2.65. The predicted octanol–water partition coefficient (Wildman–Crippen LogP) is 3.05. The van der Waals surface area contributed by atoms with E-state index in [1.807, 2.05) is 0 Å². The van der Waals surface area contributed by atoms with Crippen molar-refractivity contribution >= 4 is 11.9 Å². The summed E-state index contributed by atoms with van der Waals surface area (Å²) in [6, 6.07) is 4.34. The normalized spacial score (nSPS) is 39.0. The van der Waals surface area contributed by atoms with Crippen molar-refractivity contribution in [1.82, 2.24) is 10.6 Å². The van der Waals surface area contributed by atoms with Crippen LogP contribution in [0.5, 0.6) is 5.75 Å². The van der Waals surface area contributed by atoms with Gasteiger partial charge in [0.2, 0.25) is 0 Å². The fourth-order valence-corrected chi connectivity index (χ4v) is 7.01. The number of alkyl halides is 3. The Hall–Kier alpha value is -2.29. The van der Waals surface area contributed by atoms with Gasteiger partial charge in [0, 0.05) is 11.8 Å². The molecule has 9 heteroatoms. The number of nitrogens with one attached hydrogen (secondary N) is 2. The number of halogens is 3. The molecule has 2 saturated carbocycles. The number of aromatic hydroxyl groups is 1. The van der Waals surface area contributed by atoms with Crippen molar-refractivity contribution in [3.8, 4) is 5.75 Å². The SMILES string of the molecule is O=C1NC(=O)[C@@]2(CCC3(O)[C@H]4Cc5ccc(O)cc5[C@@]3(CCC4CCC(F)(F)F)C2)N1. The lowest BCUT2D eigenvalue weighted by Gasteiger charge is -2.65. The Morgan fingerprint density at radius 2 is 1.94 bits per heavy atom. The van der Waals surface area contributed by atoms with Crippen molar-refractivity contribution < 1.29 is 33.0 Å². The van der Waals surface area contributed by atoms with Crippen molar-refractivity contribution in [2.75, 3.05) is 0 Å². The lowest BCUT2D eigenvalue weighted by atomic mass is 9.42. The zero-order chi connectivity index (χ0) is 22.2. The fraction of sp³-hybridized carbons (Fsp3) is 0.636. The van der Waals surface area contributed by atoms with Crippen LogP contribution < -0.4 is 10.6 Å². The van der Waals surface area contributed by atoms with E-state index in [0.717, 1.165) is 11.1 Å². The highest BCUT2D eigenvalue weighted by atomic mass is 19.4. The third kappa shape index (κ3) is 2.88. The first-order valence-electron chi connectivity index (χ1n) is 10.7. The van der Waals surface area contributed by atoms with Crippen molar-refractivity contribution in [3.63, 3.8) is 0 Å². The van der Waals surface area contributed by atoms with Crippen LogP contribution in [0.2, 0.25) is 0 Å². The Labute approximate surface area is 177 Å². The summed E-state index contributed by atoms with van der Waals surface area (Å²) in [7, 11) is 0. The largest absolute Gasteiger partial charge is 0.508 e. The number of urea groups is 1. The molecule has 6 nitrogen and oxygen atoms in total. The summed E-state index contributed by atoms with van der Waals surface area (Å²) in [5.74, 6) is -1.06.